The van der Waals surface area contributed by atoms with E-state index in [4.69, 9.17) is 0 Å². The largest absolute Gasteiger partial charge is 0.369 e. The third-order valence-electron chi connectivity index (χ3n) is 4.60. The van der Waals surface area contributed by atoms with Crippen molar-refractivity contribution in [3.63, 3.8) is 0 Å². The van der Waals surface area contributed by atoms with Gasteiger partial charge in [0.2, 0.25) is 5.91 Å². The molecular weight excluding hydrogens is 366 g/mol. The Bertz CT molecular complexity index is 1080. The number of thiophene rings is 1. The summed E-state index contributed by atoms with van der Waals surface area (Å²) in [6.07, 6.45) is 0.699. The minimum Gasteiger partial charge on any atom is -0.309 e. The molecule has 1 aliphatic heterocycles. The maximum atomic E-state index is 12.6. The fourth-order valence-corrected chi connectivity index (χ4v) is 4.08. The molecule has 3 heterocycles. The lowest BCUT2D eigenvalue weighted by atomic mass is 10.0. The molecule has 1 aromatic carbocycles. The molecule has 1 aliphatic rings. The Morgan fingerprint density at radius 3 is 2.78 bits per heavy atom. The first-order valence-electron chi connectivity index (χ1n) is 8.48. The van der Waals surface area contributed by atoms with E-state index in [2.05, 4.69) is 10.4 Å². The zero-order valence-electron chi connectivity index (χ0n) is 14.8. The number of carbonyl (C=O) groups excluding carboxylic acids is 2. The van der Waals surface area contributed by atoms with Gasteiger partial charge < -0.3 is 4.90 Å². The van der Waals surface area contributed by atoms with Crippen molar-refractivity contribution in [1.29, 1.82) is 0 Å². The standard InChI is InChI=1S/C18H17N5O3S/c1-11-8-14-9-13(5-6-15(14)22(11)12(2)24)16(25)10-21-18(26)23(20-19-21)17-4-3-7-27-17/h3-7,9,11H,8,10H2,1-2H3/t11-/m1/s1. The van der Waals surface area contributed by atoms with Crippen LogP contribution in [0, 0.1) is 0 Å². The minimum absolute atomic E-state index is 0.0166. The van der Waals surface area contributed by atoms with Gasteiger partial charge in [-0.3, -0.25) is 9.59 Å². The maximum Gasteiger partial charge on any atom is 0.369 e. The van der Waals surface area contributed by atoms with Crippen LogP contribution in [0.4, 0.5) is 5.69 Å². The van der Waals surface area contributed by atoms with E-state index >= 15 is 0 Å². The van der Waals surface area contributed by atoms with Crippen LogP contribution in [0.15, 0.2) is 40.5 Å². The molecule has 0 unspecified atom stereocenters. The lowest BCUT2D eigenvalue weighted by Gasteiger charge is -2.20. The summed E-state index contributed by atoms with van der Waals surface area (Å²) in [5.74, 6) is -0.246. The molecule has 0 radical (unpaired) electrons. The predicted molar refractivity (Wildman–Crippen MR) is 101 cm³/mol. The van der Waals surface area contributed by atoms with E-state index in [1.807, 2.05) is 18.4 Å². The summed E-state index contributed by atoms with van der Waals surface area (Å²) in [4.78, 5) is 38.6. The molecule has 27 heavy (non-hydrogen) atoms. The quantitative estimate of drug-likeness (QED) is 0.639. The van der Waals surface area contributed by atoms with Gasteiger partial charge in [0, 0.05) is 24.2 Å². The van der Waals surface area contributed by atoms with Crippen molar-refractivity contribution in [2.75, 3.05) is 4.90 Å². The van der Waals surface area contributed by atoms with Crippen LogP contribution in [0.2, 0.25) is 0 Å². The molecule has 0 fully saturated rings. The number of hydrogen-bond acceptors (Lipinski definition) is 6. The van der Waals surface area contributed by atoms with Crippen LogP contribution in [0.5, 0.6) is 0 Å². The SMILES string of the molecule is CC(=O)N1c2ccc(C(=O)Cn3nnn(-c4cccs4)c3=O)cc2C[C@H]1C. The van der Waals surface area contributed by atoms with Crippen molar-refractivity contribution in [1.82, 2.24) is 19.8 Å². The van der Waals surface area contributed by atoms with Crippen LogP contribution in [0.3, 0.4) is 0 Å². The highest BCUT2D eigenvalue weighted by atomic mass is 32.1. The third kappa shape index (κ3) is 2.99. The lowest BCUT2D eigenvalue weighted by molar-refractivity contribution is -0.116. The summed E-state index contributed by atoms with van der Waals surface area (Å²) in [5, 5.41) is 10.1. The predicted octanol–water partition coefficient (Wildman–Crippen LogP) is 1.67. The number of benzene rings is 1. The number of carbonyl (C=O) groups is 2. The summed E-state index contributed by atoms with van der Waals surface area (Å²) in [6, 6.07) is 8.91. The van der Waals surface area contributed by atoms with Gasteiger partial charge in [0.25, 0.3) is 0 Å². The van der Waals surface area contributed by atoms with Crippen LogP contribution in [0.1, 0.15) is 29.8 Å². The number of tetrazole rings is 1. The van der Waals surface area contributed by atoms with Gasteiger partial charge in [-0.25, -0.2) is 4.79 Å². The second kappa shape index (κ2) is 6.58. The van der Waals surface area contributed by atoms with Crippen molar-refractivity contribution in [3.05, 3.63) is 57.3 Å². The molecule has 0 spiro atoms. The molecule has 0 aliphatic carbocycles. The molecule has 1 amide bonds. The Hall–Kier alpha value is -3.07. The number of anilines is 1. The topological polar surface area (TPSA) is 90.1 Å². The molecular formula is C18H17N5O3S. The number of nitrogens with zero attached hydrogens (tertiary/aromatic N) is 5. The van der Waals surface area contributed by atoms with E-state index in [-0.39, 0.29) is 24.3 Å². The van der Waals surface area contributed by atoms with Crippen molar-refractivity contribution in [3.8, 4) is 5.00 Å². The molecule has 9 heteroatoms. The van der Waals surface area contributed by atoms with Crippen molar-refractivity contribution >= 4 is 28.7 Å². The fraction of sp³-hybridized carbons (Fsp3) is 0.278. The molecule has 4 rings (SSSR count). The van der Waals surface area contributed by atoms with Gasteiger partial charge in [0.05, 0.1) is 0 Å². The summed E-state index contributed by atoms with van der Waals surface area (Å²) in [7, 11) is 0. The first-order chi connectivity index (χ1) is 13.0. The number of ketones is 1. The van der Waals surface area contributed by atoms with Crippen LogP contribution < -0.4 is 10.6 Å². The average Bonchev–Trinajstić information content (AvgIpc) is 3.33. The molecule has 0 bridgehead atoms. The van der Waals surface area contributed by atoms with Gasteiger partial charge >= 0.3 is 5.69 Å². The van der Waals surface area contributed by atoms with Crippen LogP contribution in [-0.4, -0.2) is 37.5 Å². The highest BCUT2D eigenvalue weighted by Gasteiger charge is 2.29. The Morgan fingerprint density at radius 1 is 1.26 bits per heavy atom. The van der Waals surface area contributed by atoms with Gasteiger partial charge in [-0.1, -0.05) is 0 Å². The minimum atomic E-state index is -0.455. The number of amides is 1. The second-order valence-electron chi connectivity index (χ2n) is 6.49. The number of Topliss-reactive ketones (excluding diaryl/α,β-unsaturated/α-hetero) is 1. The third-order valence-corrected chi connectivity index (χ3v) is 5.45. The molecule has 2 aromatic heterocycles. The zero-order chi connectivity index (χ0) is 19.1. The van der Waals surface area contributed by atoms with E-state index in [1.54, 1.807) is 29.2 Å². The molecule has 138 valence electrons. The van der Waals surface area contributed by atoms with Gasteiger partial charge in [0.15, 0.2) is 5.78 Å². The van der Waals surface area contributed by atoms with E-state index in [1.165, 1.54) is 22.9 Å². The number of hydrogen-bond donors (Lipinski definition) is 0. The zero-order valence-corrected chi connectivity index (χ0v) is 15.6. The molecule has 0 saturated carbocycles. The smallest absolute Gasteiger partial charge is 0.309 e. The van der Waals surface area contributed by atoms with E-state index in [9.17, 15) is 14.4 Å². The van der Waals surface area contributed by atoms with Crippen molar-refractivity contribution in [2.45, 2.75) is 32.9 Å². The van der Waals surface area contributed by atoms with E-state index < -0.39 is 5.69 Å². The summed E-state index contributed by atoms with van der Waals surface area (Å²) >= 11 is 1.36. The van der Waals surface area contributed by atoms with Gasteiger partial charge in [0.1, 0.15) is 11.5 Å². The van der Waals surface area contributed by atoms with Crippen LogP contribution in [-0.2, 0) is 17.8 Å². The Labute approximate surface area is 158 Å². The monoisotopic (exact) mass is 383 g/mol. The van der Waals surface area contributed by atoms with Crippen molar-refractivity contribution < 1.29 is 9.59 Å². The van der Waals surface area contributed by atoms with Gasteiger partial charge in [-0.15, -0.1) is 11.3 Å². The fourth-order valence-electron chi connectivity index (χ4n) is 3.41. The number of fused-ring (bicyclic) bond motifs is 1. The van der Waals surface area contributed by atoms with E-state index in [0.717, 1.165) is 15.9 Å². The average molecular weight is 383 g/mol. The first kappa shape index (κ1) is 17.3. The molecule has 0 saturated heterocycles. The molecule has 8 nitrogen and oxygen atoms in total. The van der Waals surface area contributed by atoms with Crippen LogP contribution >= 0.6 is 11.3 Å². The normalized spacial score (nSPS) is 15.8. The van der Waals surface area contributed by atoms with Gasteiger partial charge in [-0.05, 0) is 65.0 Å². The highest BCUT2D eigenvalue weighted by molar-refractivity contribution is 7.12. The van der Waals surface area contributed by atoms with Gasteiger partial charge in [-0.2, -0.15) is 9.36 Å². The Morgan fingerprint density at radius 2 is 2.07 bits per heavy atom. The summed E-state index contributed by atoms with van der Waals surface area (Å²) < 4.78 is 2.23. The Kier molecular flexibility index (Phi) is 4.23. The van der Waals surface area contributed by atoms with Crippen molar-refractivity contribution in [2.24, 2.45) is 0 Å². The molecule has 0 N–H and O–H groups in total. The maximum absolute atomic E-state index is 12.6. The highest BCUT2D eigenvalue weighted by Crippen LogP contribution is 2.33. The molecule has 1 atom stereocenters. The first-order valence-corrected chi connectivity index (χ1v) is 9.36. The second-order valence-corrected chi connectivity index (χ2v) is 7.42. The summed E-state index contributed by atoms with van der Waals surface area (Å²) in [5.41, 5.74) is 1.83. The lowest BCUT2D eigenvalue weighted by Crippen LogP contribution is -2.33. The number of rotatable bonds is 4. The molecule has 3 aromatic rings. The van der Waals surface area contributed by atoms with Crippen LogP contribution in [0.25, 0.3) is 5.00 Å². The summed E-state index contributed by atoms with van der Waals surface area (Å²) in [6.45, 7) is 3.33. The van der Waals surface area contributed by atoms with E-state index in [0.29, 0.717) is 17.0 Å². The Balaban J connectivity index is 1.58. The number of aromatic nitrogens is 4.